The fraction of sp³-hybridized carbons (Fsp3) is 0.857. The lowest BCUT2D eigenvalue weighted by atomic mass is 9.88. The summed E-state index contributed by atoms with van der Waals surface area (Å²) >= 11 is 0. The smallest absolute Gasteiger partial charge is 0.408 e. The van der Waals surface area contributed by atoms with E-state index >= 15 is 0 Å². The Morgan fingerprint density at radius 3 is 2.37 bits per heavy atom. The normalized spacial score (nSPS) is 19.8. The Morgan fingerprint density at radius 2 is 1.95 bits per heavy atom. The molecule has 1 amide bonds. The molecule has 2 N–H and O–H groups in total. The Labute approximate surface area is 114 Å². The van der Waals surface area contributed by atoms with Gasteiger partial charge in [0.2, 0.25) is 0 Å². The van der Waals surface area contributed by atoms with Crippen molar-refractivity contribution < 1.29 is 19.4 Å². The fourth-order valence-electron chi connectivity index (χ4n) is 2.51. The summed E-state index contributed by atoms with van der Waals surface area (Å²) in [5.41, 5.74) is -1.83. The van der Waals surface area contributed by atoms with Crippen molar-refractivity contribution in [3.63, 3.8) is 0 Å². The number of carbonyl (C=O) groups is 2. The van der Waals surface area contributed by atoms with E-state index in [4.69, 9.17) is 4.74 Å². The van der Waals surface area contributed by atoms with Gasteiger partial charge in [0.1, 0.15) is 17.4 Å². The van der Waals surface area contributed by atoms with E-state index in [2.05, 4.69) is 5.32 Å². The zero-order chi connectivity index (χ0) is 14.5. The summed E-state index contributed by atoms with van der Waals surface area (Å²) in [6.07, 6.45) is 4.85. The third-order valence-corrected chi connectivity index (χ3v) is 3.39. The second-order valence-electron chi connectivity index (χ2n) is 6.41. The standard InChI is InChI=1S/C14H25NO4/c1-13(2,3)19-12(18)15-14(9-16,10-17)8-11-6-4-5-7-11/h9,11,17H,4-8,10H2,1-3H3,(H,15,18). The van der Waals surface area contributed by atoms with Gasteiger partial charge in [0.15, 0.2) is 0 Å². The first kappa shape index (κ1) is 16.0. The lowest BCUT2D eigenvalue weighted by molar-refractivity contribution is -0.115. The van der Waals surface area contributed by atoms with Crippen molar-refractivity contribution in [2.75, 3.05) is 6.61 Å². The highest BCUT2D eigenvalue weighted by atomic mass is 16.6. The average molecular weight is 271 g/mol. The number of hydrogen-bond acceptors (Lipinski definition) is 4. The van der Waals surface area contributed by atoms with Crippen molar-refractivity contribution in [3.05, 3.63) is 0 Å². The molecule has 0 bridgehead atoms. The zero-order valence-electron chi connectivity index (χ0n) is 12.1. The molecule has 1 saturated carbocycles. The second-order valence-corrected chi connectivity index (χ2v) is 6.41. The second kappa shape index (κ2) is 6.37. The van der Waals surface area contributed by atoms with Gasteiger partial charge in [0.25, 0.3) is 0 Å². The number of aliphatic hydroxyl groups is 1. The first-order valence-electron chi connectivity index (χ1n) is 6.88. The largest absolute Gasteiger partial charge is 0.444 e. The summed E-state index contributed by atoms with van der Waals surface area (Å²) in [7, 11) is 0. The van der Waals surface area contributed by atoms with Crippen LogP contribution in [0, 0.1) is 5.92 Å². The highest BCUT2D eigenvalue weighted by Gasteiger charge is 2.36. The van der Waals surface area contributed by atoms with Crippen molar-refractivity contribution in [1.82, 2.24) is 5.32 Å². The summed E-state index contributed by atoms with van der Waals surface area (Å²) in [5.74, 6) is 0.382. The van der Waals surface area contributed by atoms with Crippen LogP contribution in [-0.2, 0) is 9.53 Å². The number of rotatable bonds is 5. The summed E-state index contributed by atoms with van der Waals surface area (Å²) in [4.78, 5) is 23.1. The van der Waals surface area contributed by atoms with Crippen molar-refractivity contribution in [2.24, 2.45) is 5.92 Å². The Hall–Kier alpha value is -1.10. The monoisotopic (exact) mass is 271 g/mol. The predicted molar refractivity (Wildman–Crippen MR) is 71.8 cm³/mol. The van der Waals surface area contributed by atoms with Crippen LogP contribution < -0.4 is 5.32 Å². The highest BCUT2D eigenvalue weighted by molar-refractivity contribution is 5.76. The molecule has 0 heterocycles. The maximum atomic E-state index is 11.8. The molecule has 1 atom stereocenters. The predicted octanol–water partition coefficient (Wildman–Crippen LogP) is 2.02. The van der Waals surface area contributed by atoms with Gasteiger partial charge in [0, 0.05) is 0 Å². The third-order valence-electron chi connectivity index (χ3n) is 3.39. The molecule has 0 aromatic heterocycles. The first-order chi connectivity index (χ1) is 8.80. The zero-order valence-corrected chi connectivity index (χ0v) is 12.1. The molecule has 19 heavy (non-hydrogen) atoms. The number of aldehydes is 1. The summed E-state index contributed by atoms with van der Waals surface area (Å²) in [5, 5.41) is 12.0. The van der Waals surface area contributed by atoms with Gasteiger partial charge >= 0.3 is 6.09 Å². The van der Waals surface area contributed by atoms with Gasteiger partial charge in [-0.15, -0.1) is 0 Å². The van der Waals surface area contributed by atoms with Gasteiger partial charge in [-0.25, -0.2) is 4.79 Å². The van der Waals surface area contributed by atoms with Crippen LogP contribution in [0.3, 0.4) is 0 Å². The number of hydrogen-bond donors (Lipinski definition) is 2. The van der Waals surface area contributed by atoms with Crippen molar-refractivity contribution in [1.29, 1.82) is 0 Å². The molecule has 1 unspecified atom stereocenters. The summed E-state index contributed by atoms with van der Waals surface area (Å²) in [6.45, 7) is 4.87. The van der Waals surface area contributed by atoms with Crippen LogP contribution in [-0.4, -0.2) is 35.2 Å². The van der Waals surface area contributed by atoms with E-state index in [-0.39, 0.29) is 0 Å². The van der Waals surface area contributed by atoms with Gasteiger partial charge in [-0.3, -0.25) is 0 Å². The number of nitrogens with one attached hydrogen (secondary N) is 1. The Morgan fingerprint density at radius 1 is 1.37 bits per heavy atom. The Kier molecular flexibility index (Phi) is 5.35. The van der Waals surface area contributed by atoms with Gasteiger partial charge < -0.3 is 20.0 Å². The van der Waals surface area contributed by atoms with Crippen molar-refractivity contribution in [2.45, 2.75) is 64.0 Å². The first-order valence-corrected chi connectivity index (χ1v) is 6.88. The van der Waals surface area contributed by atoms with Crippen LogP contribution in [0.2, 0.25) is 0 Å². The van der Waals surface area contributed by atoms with Crippen LogP contribution >= 0.6 is 0 Å². The third kappa shape index (κ3) is 5.19. The molecule has 110 valence electrons. The maximum absolute atomic E-state index is 11.8. The minimum atomic E-state index is -1.21. The van der Waals surface area contributed by atoms with Crippen molar-refractivity contribution in [3.8, 4) is 0 Å². The maximum Gasteiger partial charge on any atom is 0.408 e. The number of ether oxygens (including phenoxy) is 1. The van der Waals surface area contributed by atoms with Crippen LogP contribution in [0.25, 0.3) is 0 Å². The molecular weight excluding hydrogens is 246 g/mol. The lowest BCUT2D eigenvalue weighted by Crippen LogP contribution is -2.54. The summed E-state index contributed by atoms with van der Waals surface area (Å²) < 4.78 is 5.14. The molecule has 1 aliphatic carbocycles. The number of alkyl carbamates (subject to hydrolysis) is 1. The molecule has 5 nitrogen and oxygen atoms in total. The molecule has 1 rings (SSSR count). The van der Waals surface area contributed by atoms with Gasteiger partial charge in [-0.2, -0.15) is 0 Å². The highest BCUT2D eigenvalue weighted by Crippen LogP contribution is 2.31. The van der Waals surface area contributed by atoms with E-state index in [1.165, 1.54) is 0 Å². The topological polar surface area (TPSA) is 75.6 Å². The van der Waals surface area contributed by atoms with Gasteiger partial charge in [-0.05, 0) is 33.1 Å². The average Bonchev–Trinajstić information content (AvgIpc) is 2.78. The van der Waals surface area contributed by atoms with Crippen molar-refractivity contribution >= 4 is 12.4 Å². The molecule has 0 radical (unpaired) electrons. The molecule has 0 spiro atoms. The van der Waals surface area contributed by atoms with Crippen LogP contribution in [0.1, 0.15) is 52.9 Å². The molecule has 5 heteroatoms. The molecule has 0 aromatic rings. The Bertz CT molecular complexity index is 318. The molecule has 1 aliphatic rings. The minimum Gasteiger partial charge on any atom is -0.444 e. The SMILES string of the molecule is CC(C)(C)OC(=O)NC(C=O)(CO)CC1CCCC1. The van der Waals surface area contributed by atoms with E-state index < -0.39 is 23.8 Å². The number of carbonyl (C=O) groups excluding carboxylic acids is 2. The van der Waals surface area contributed by atoms with E-state index in [0.29, 0.717) is 18.6 Å². The number of amides is 1. The fourth-order valence-corrected chi connectivity index (χ4v) is 2.51. The quantitative estimate of drug-likeness (QED) is 0.750. The molecule has 0 saturated heterocycles. The van der Waals surface area contributed by atoms with E-state index in [0.717, 1.165) is 25.7 Å². The molecular formula is C14H25NO4. The number of aliphatic hydroxyl groups excluding tert-OH is 1. The molecule has 0 aromatic carbocycles. The van der Waals surface area contributed by atoms with E-state index in [1.807, 2.05) is 0 Å². The lowest BCUT2D eigenvalue weighted by Gasteiger charge is -2.31. The van der Waals surface area contributed by atoms with Crippen LogP contribution in [0.4, 0.5) is 4.79 Å². The van der Waals surface area contributed by atoms with E-state index in [1.54, 1.807) is 20.8 Å². The summed E-state index contributed by atoms with van der Waals surface area (Å²) in [6, 6.07) is 0. The van der Waals surface area contributed by atoms with Gasteiger partial charge in [-0.1, -0.05) is 25.7 Å². The minimum absolute atomic E-state index is 0.382. The van der Waals surface area contributed by atoms with Crippen LogP contribution in [0.15, 0.2) is 0 Å². The van der Waals surface area contributed by atoms with E-state index in [9.17, 15) is 14.7 Å². The molecule has 0 aliphatic heterocycles. The molecule has 1 fully saturated rings. The van der Waals surface area contributed by atoms with Crippen LogP contribution in [0.5, 0.6) is 0 Å². The van der Waals surface area contributed by atoms with Gasteiger partial charge in [0.05, 0.1) is 6.61 Å². The Balaban J connectivity index is 2.64.